The number of aliphatic imine (C=N–C) groups is 1. The summed E-state index contributed by atoms with van der Waals surface area (Å²) in [7, 11) is 0.363. The van der Waals surface area contributed by atoms with Crippen LogP contribution in [0.1, 0.15) is 44.6 Å². The molecule has 1 saturated heterocycles. The van der Waals surface area contributed by atoms with E-state index in [0.717, 1.165) is 38.3 Å². The Kier molecular flexibility index (Phi) is 8.76. The fourth-order valence-electron chi connectivity index (χ4n) is 3.97. The van der Waals surface area contributed by atoms with Gasteiger partial charge >= 0.3 is 0 Å². The van der Waals surface area contributed by atoms with E-state index in [9.17, 15) is 8.42 Å². The normalized spacial score (nSPS) is 21.2. The van der Waals surface area contributed by atoms with E-state index in [1.807, 2.05) is 7.05 Å². The average molecular weight is 409 g/mol. The number of nitrogens with zero attached hydrogens (tertiary/aromatic N) is 3. The molecule has 7 heteroatoms. The van der Waals surface area contributed by atoms with Gasteiger partial charge in [0.15, 0.2) is 5.96 Å². The van der Waals surface area contributed by atoms with Crippen molar-refractivity contribution in [1.29, 1.82) is 0 Å². The van der Waals surface area contributed by atoms with Gasteiger partial charge in [0.1, 0.15) is 0 Å². The van der Waals surface area contributed by atoms with E-state index >= 15 is 0 Å². The number of sulfonamides is 1. The van der Waals surface area contributed by atoms with Crippen molar-refractivity contribution in [1.82, 2.24) is 14.5 Å². The van der Waals surface area contributed by atoms with Gasteiger partial charge in [0, 0.05) is 40.3 Å². The minimum absolute atomic E-state index is 0.146. The maximum atomic E-state index is 11.8. The largest absolute Gasteiger partial charge is 0.356 e. The van der Waals surface area contributed by atoms with Crippen LogP contribution in [0.4, 0.5) is 0 Å². The molecule has 0 aliphatic carbocycles. The van der Waals surface area contributed by atoms with Crippen molar-refractivity contribution in [3.05, 3.63) is 35.9 Å². The van der Waals surface area contributed by atoms with E-state index in [-0.39, 0.29) is 5.75 Å². The molecule has 1 fully saturated rings. The summed E-state index contributed by atoms with van der Waals surface area (Å²) in [5.74, 6) is 2.28. The fraction of sp³-hybridized carbons (Fsp3) is 0.667. The third-order valence-electron chi connectivity index (χ3n) is 5.77. The Balaban J connectivity index is 1.86. The molecule has 0 bridgehead atoms. The number of likely N-dealkylation sites (tertiary alicyclic amines) is 1. The van der Waals surface area contributed by atoms with Crippen LogP contribution in [0.3, 0.4) is 0 Å². The Morgan fingerprint density at radius 2 is 2.00 bits per heavy atom. The number of piperidine rings is 1. The first-order valence-corrected chi connectivity index (χ1v) is 12.0. The molecule has 1 N–H and O–H groups in total. The predicted octanol–water partition coefficient (Wildman–Crippen LogP) is 2.75. The molecule has 1 aromatic carbocycles. The van der Waals surface area contributed by atoms with Gasteiger partial charge in [-0.15, -0.1) is 0 Å². The molecule has 1 aliphatic heterocycles. The molecule has 0 spiro atoms. The van der Waals surface area contributed by atoms with Crippen molar-refractivity contribution in [3.8, 4) is 0 Å². The maximum Gasteiger partial charge on any atom is 0.213 e. The quantitative estimate of drug-likeness (QED) is 0.408. The number of nitrogens with one attached hydrogen (secondary N) is 1. The molecule has 158 valence electrons. The highest BCUT2D eigenvalue weighted by Crippen LogP contribution is 2.34. The third-order valence-corrected chi connectivity index (χ3v) is 7.63. The van der Waals surface area contributed by atoms with Crippen LogP contribution >= 0.6 is 0 Å². The standard InChI is InChI=1S/C21H36N4O2S/c1-5-18-17-25(16-13-20(18)19-11-8-7-9-12-19)21(22-3)23-14-10-15-24(4)28(26,27)6-2/h7-9,11-12,18,20H,5-6,10,13-17H2,1-4H3,(H,22,23). The molecule has 1 aliphatic rings. The number of hydrogen-bond acceptors (Lipinski definition) is 3. The summed E-state index contributed by atoms with van der Waals surface area (Å²) in [6.45, 7) is 7.17. The Morgan fingerprint density at radius 1 is 1.29 bits per heavy atom. The van der Waals surface area contributed by atoms with Gasteiger partial charge in [-0.05, 0) is 37.2 Å². The van der Waals surface area contributed by atoms with E-state index in [1.54, 1.807) is 14.0 Å². The molecule has 0 radical (unpaired) electrons. The third kappa shape index (κ3) is 5.95. The number of benzene rings is 1. The van der Waals surface area contributed by atoms with Gasteiger partial charge in [-0.2, -0.15) is 0 Å². The molecule has 0 amide bonds. The lowest BCUT2D eigenvalue weighted by atomic mass is 9.79. The van der Waals surface area contributed by atoms with E-state index in [1.165, 1.54) is 9.87 Å². The van der Waals surface area contributed by atoms with Gasteiger partial charge in [-0.1, -0.05) is 43.7 Å². The van der Waals surface area contributed by atoms with Gasteiger partial charge in [-0.25, -0.2) is 12.7 Å². The van der Waals surface area contributed by atoms with Crippen molar-refractivity contribution in [2.24, 2.45) is 10.9 Å². The topological polar surface area (TPSA) is 65.0 Å². The average Bonchev–Trinajstić information content (AvgIpc) is 2.73. The second-order valence-corrected chi connectivity index (χ2v) is 9.83. The van der Waals surface area contributed by atoms with Crippen LogP contribution in [0, 0.1) is 5.92 Å². The molecule has 0 aromatic heterocycles. The zero-order valence-electron chi connectivity index (χ0n) is 17.8. The lowest BCUT2D eigenvalue weighted by molar-refractivity contribution is 0.215. The van der Waals surface area contributed by atoms with E-state index in [4.69, 9.17) is 0 Å². The molecule has 2 unspecified atom stereocenters. The Labute approximate surface area is 171 Å². The molecular formula is C21H36N4O2S. The molecule has 1 heterocycles. The van der Waals surface area contributed by atoms with Crippen LogP contribution in [0.25, 0.3) is 0 Å². The van der Waals surface area contributed by atoms with Crippen molar-refractivity contribution in [3.63, 3.8) is 0 Å². The number of hydrogen-bond donors (Lipinski definition) is 1. The van der Waals surface area contributed by atoms with Gasteiger partial charge in [0.2, 0.25) is 10.0 Å². The Morgan fingerprint density at radius 3 is 2.61 bits per heavy atom. The van der Waals surface area contributed by atoms with Crippen molar-refractivity contribution >= 4 is 16.0 Å². The van der Waals surface area contributed by atoms with Crippen LogP contribution in [0.5, 0.6) is 0 Å². The number of rotatable bonds is 8. The maximum absolute atomic E-state index is 11.8. The molecular weight excluding hydrogens is 372 g/mol. The van der Waals surface area contributed by atoms with Crippen LogP contribution in [-0.4, -0.2) is 69.6 Å². The fourth-order valence-corrected chi connectivity index (χ4v) is 4.82. The first-order chi connectivity index (χ1) is 13.4. The molecule has 1 aromatic rings. The van der Waals surface area contributed by atoms with E-state index < -0.39 is 10.0 Å². The summed E-state index contributed by atoms with van der Waals surface area (Å²) in [5.41, 5.74) is 1.44. The van der Waals surface area contributed by atoms with Gasteiger partial charge in [-0.3, -0.25) is 4.99 Å². The van der Waals surface area contributed by atoms with Crippen LogP contribution in [0.2, 0.25) is 0 Å². The summed E-state index contributed by atoms with van der Waals surface area (Å²) in [6, 6.07) is 10.8. The highest BCUT2D eigenvalue weighted by atomic mass is 32.2. The van der Waals surface area contributed by atoms with Crippen LogP contribution < -0.4 is 5.32 Å². The molecule has 0 saturated carbocycles. The second-order valence-electron chi connectivity index (χ2n) is 7.47. The van der Waals surface area contributed by atoms with Crippen LogP contribution in [-0.2, 0) is 10.0 Å². The van der Waals surface area contributed by atoms with Crippen molar-refractivity contribution in [2.75, 3.05) is 46.0 Å². The molecule has 2 atom stereocenters. The molecule has 2 rings (SSSR count). The van der Waals surface area contributed by atoms with Crippen LogP contribution in [0.15, 0.2) is 35.3 Å². The van der Waals surface area contributed by atoms with Gasteiger partial charge in [0.05, 0.1) is 5.75 Å². The zero-order chi connectivity index (χ0) is 20.6. The van der Waals surface area contributed by atoms with E-state index in [0.29, 0.717) is 24.9 Å². The monoisotopic (exact) mass is 408 g/mol. The SMILES string of the molecule is CCC1CN(C(=NC)NCCCN(C)S(=O)(=O)CC)CCC1c1ccccc1. The minimum Gasteiger partial charge on any atom is -0.356 e. The second kappa shape index (κ2) is 10.8. The predicted molar refractivity (Wildman–Crippen MR) is 117 cm³/mol. The lowest BCUT2D eigenvalue weighted by Gasteiger charge is -2.40. The number of guanidine groups is 1. The summed E-state index contributed by atoms with van der Waals surface area (Å²) in [4.78, 5) is 6.81. The summed E-state index contributed by atoms with van der Waals surface area (Å²) < 4.78 is 25.1. The summed E-state index contributed by atoms with van der Waals surface area (Å²) in [6.07, 6.45) is 3.03. The first kappa shape index (κ1) is 22.7. The first-order valence-electron chi connectivity index (χ1n) is 10.4. The molecule has 6 nitrogen and oxygen atoms in total. The summed E-state index contributed by atoms with van der Waals surface area (Å²) in [5, 5.41) is 3.42. The Hall–Kier alpha value is -1.60. The van der Waals surface area contributed by atoms with Gasteiger partial charge < -0.3 is 10.2 Å². The Bertz CT molecular complexity index is 721. The molecule has 28 heavy (non-hydrogen) atoms. The lowest BCUT2D eigenvalue weighted by Crippen LogP contribution is -2.48. The highest BCUT2D eigenvalue weighted by molar-refractivity contribution is 7.89. The van der Waals surface area contributed by atoms with E-state index in [2.05, 4.69) is 52.5 Å². The highest BCUT2D eigenvalue weighted by Gasteiger charge is 2.30. The van der Waals surface area contributed by atoms with Crippen molar-refractivity contribution < 1.29 is 8.42 Å². The smallest absolute Gasteiger partial charge is 0.213 e. The van der Waals surface area contributed by atoms with Gasteiger partial charge in [0.25, 0.3) is 0 Å². The minimum atomic E-state index is -3.10. The van der Waals surface area contributed by atoms with Crippen molar-refractivity contribution in [2.45, 2.75) is 39.0 Å². The summed E-state index contributed by atoms with van der Waals surface area (Å²) >= 11 is 0. The zero-order valence-corrected chi connectivity index (χ0v) is 18.6.